The van der Waals surface area contributed by atoms with Crippen molar-refractivity contribution in [1.29, 1.82) is 0 Å². The molecule has 1 unspecified atom stereocenters. The largest absolute Gasteiger partial charge is 0.308 e. The molecule has 2 aromatic heterocycles. The van der Waals surface area contributed by atoms with Crippen LogP contribution in [-0.4, -0.2) is 31.7 Å². The van der Waals surface area contributed by atoms with Crippen LogP contribution in [-0.2, 0) is 0 Å². The topological polar surface area (TPSA) is 68.5 Å². The highest BCUT2D eigenvalue weighted by Gasteiger charge is 2.19. The molecule has 3 heterocycles. The molecule has 0 bridgehead atoms. The van der Waals surface area contributed by atoms with Gasteiger partial charge in [-0.2, -0.15) is 0 Å². The first kappa shape index (κ1) is 12.6. The summed E-state index contributed by atoms with van der Waals surface area (Å²) < 4.78 is 1.65. The summed E-state index contributed by atoms with van der Waals surface area (Å²) in [6.45, 7) is 1.09. The molecule has 3 aromatic rings. The van der Waals surface area contributed by atoms with Gasteiger partial charge in [-0.1, -0.05) is 12.1 Å². The Morgan fingerprint density at radius 3 is 3.14 bits per heavy atom. The lowest BCUT2D eigenvalue weighted by Gasteiger charge is -2.05. The van der Waals surface area contributed by atoms with Gasteiger partial charge in [-0.15, -0.1) is 16.4 Å². The second kappa shape index (κ2) is 5.34. The smallest absolute Gasteiger partial charge is 0.143 e. The summed E-state index contributed by atoms with van der Waals surface area (Å²) in [5.74, 6) is 0. The molecule has 106 valence electrons. The minimum Gasteiger partial charge on any atom is -0.308 e. The van der Waals surface area contributed by atoms with Crippen molar-refractivity contribution in [2.45, 2.75) is 18.9 Å². The Morgan fingerprint density at radius 2 is 2.33 bits per heavy atom. The van der Waals surface area contributed by atoms with E-state index in [2.05, 4.69) is 38.4 Å². The van der Waals surface area contributed by atoms with E-state index in [0.717, 1.165) is 23.5 Å². The molecule has 1 atom stereocenters. The van der Waals surface area contributed by atoms with E-state index >= 15 is 0 Å². The maximum Gasteiger partial charge on any atom is 0.143 e. The first-order valence-electron chi connectivity index (χ1n) is 6.93. The molecule has 1 aliphatic rings. The Kier molecular flexibility index (Phi) is 3.21. The number of rotatable bonds is 3. The lowest BCUT2D eigenvalue weighted by Crippen LogP contribution is -2.12. The normalized spacial score (nSPS) is 18.2. The predicted molar refractivity (Wildman–Crippen MR) is 80.2 cm³/mol. The minimum atomic E-state index is 0.423. The van der Waals surface area contributed by atoms with Gasteiger partial charge in [-0.25, -0.2) is 9.67 Å². The third kappa shape index (κ3) is 2.45. The molecule has 7 heteroatoms. The third-order valence-electron chi connectivity index (χ3n) is 3.64. The molecular formula is C14H14N6S. The number of benzene rings is 1. The van der Waals surface area contributed by atoms with Crippen LogP contribution in [0.5, 0.6) is 0 Å². The first-order valence-corrected chi connectivity index (χ1v) is 7.81. The Labute approximate surface area is 125 Å². The van der Waals surface area contributed by atoms with Gasteiger partial charge in [0, 0.05) is 10.9 Å². The summed E-state index contributed by atoms with van der Waals surface area (Å²) in [6.07, 6.45) is 4.00. The molecule has 0 spiro atoms. The van der Waals surface area contributed by atoms with Crippen LogP contribution in [0.2, 0.25) is 0 Å². The van der Waals surface area contributed by atoms with Gasteiger partial charge in [0.2, 0.25) is 0 Å². The van der Waals surface area contributed by atoms with Gasteiger partial charge in [0.1, 0.15) is 11.3 Å². The number of aromatic nitrogens is 5. The molecule has 0 radical (unpaired) electrons. The molecule has 0 aliphatic carbocycles. The average molecular weight is 298 g/mol. The monoisotopic (exact) mass is 298 g/mol. The lowest BCUT2D eigenvalue weighted by molar-refractivity contribution is 0.643. The summed E-state index contributed by atoms with van der Waals surface area (Å²) in [7, 11) is 0. The molecule has 21 heavy (non-hydrogen) atoms. The molecule has 1 N–H and O–H groups in total. The molecular weight excluding hydrogens is 284 g/mol. The van der Waals surface area contributed by atoms with Gasteiger partial charge in [-0.05, 0) is 41.9 Å². The van der Waals surface area contributed by atoms with Crippen molar-refractivity contribution < 1.29 is 0 Å². The Bertz CT molecular complexity index is 730. The van der Waals surface area contributed by atoms with Crippen LogP contribution in [0.3, 0.4) is 0 Å². The van der Waals surface area contributed by atoms with Crippen molar-refractivity contribution in [3.8, 4) is 16.9 Å². The molecule has 1 saturated heterocycles. The van der Waals surface area contributed by atoms with Gasteiger partial charge < -0.3 is 5.32 Å². The van der Waals surface area contributed by atoms with E-state index in [9.17, 15) is 0 Å². The van der Waals surface area contributed by atoms with E-state index in [1.807, 2.05) is 12.1 Å². The fourth-order valence-electron chi connectivity index (χ4n) is 2.56. The fraction of sp³-hybridized carbons (Fsp3) is 0.286. The summed E-state index contributed by atoms with van der Waals surface area (Å²) in [4.78, 5) is 4.78. The molecule has 1 fully saturated rings. The highest BCUT2D eigenvalue weighted by Crippen LogP contribution is 2.30. The van der Waals surface area contributed by atoms with Gasteiger partial charge in [0.25, 0.3) is 0 Å². The Morgan fingerprint density at radius 1 is 1.33 bits per heavy atom. The number of tetrazole rings is 1. The van der Waals surface area contributed by atoms with Crippen LogP contribution in [0.1, 0.15) is 23.9 Å². The highest BCUT2D eigenvalue weighted by molar-refractivity contribution is 7.10. The fourth-order valence-corrected chi connectivity index (χ4v) is 3.50. The van der Waals surface area contributed by atoms with Crippen molar-refractivity contribution in [2.75, 3.05) is 6.54 Å². The highest BCUT2D eigenvalue weighted by atomic mass is 32.1. The van der Waals surface area contributed by atoms with Crippen LogP contribution in [0.4, 0.5) is 0 Å². The number of thiazole rings is 1. The van der Waals surface area contributed by atoms with E-state index in [1.54, 1.807) is 22.3 Å². The zero-order valence-corrected chi connectivity index (χ0v) is 12.1. The Balaban J connectivity index is 1.65. The first-order chi connectivity index (χ1) is 10.4. The molecule has 1 aliphatic heterocycles. The van der Waals surface area contributed by atoms with Crippen molar-refractivity contribution in [3.05, 3.63) is 41.0 Å². The van der Waals surface area contributed by atoms with E-state index in [4.69, 9.17) is 4.98 Å². The van der Waals surface area contributed by atoms with Gasteiger partial charge in [-0.3, -0.25) is 0 Å². The van der Waals surface area contributed by atoms with Gasteiger partial charge in [0.15, 0.2) is 0 Å². The van der Waals surface area contributed by atoms with Gasteiger partial charge in [0.05, 0.1) is 17.4 Å². The number of hydrogen-bond acceptors (Lipinski definition) is 6. The summed E-state index contributed by atoms with van der Waals surface area (Å²) in [6, 6.07) is 8.52. The maximum atomic E-state index is 4.78. The summed E-state index contributed by atoms with van der Waals surface area (Å²) >= 11 is 1.72. The van der Waals surface area contributed by atoms with E-state index in [1.165, 1.54) is 17.8 Å². The van der Waals surface area contributed by atoms with E-state index < -0.39 is 0 Å². The SMILES string of the molecule is c1cc(-c2csc(C3CCCN3)n2)cc(-n2cnnn2)c1. The quantitative estimate of drug-likeness (QED) is 0.803. The van der Waals surface area contributed by atoms with Crippen molar-refractivity contribution in [3.63, 3.8) is 0 Å². The zero-order valence-electron chi connectivity index (χ0n) is 11.3. The van der Waals surface area contributed by atoms with Crippen LogP contribution in [0.25, 0.3) is 16.9 Å². The second-order valence-electron chi connectivity index (χ2n) is 5.02. The predicted octanol–water partition coefficient (Wildman–Crippen LogP) is 2.21. The number of nitrogens with one attached hydrogen (secondary N) is 1. The lowest BCUT2D eigenvalue weighted by atomic mass is 10.1. The minimum absolute atomic E-state index is 0.423. The van der Waals surface area contributed by atoms with Crippen LogP contribution >= 0.6 is 11.3 Å². The van der Waals surface area contributed by atoms with Gasteiger partial charge >= 0.3 is 0 Å². The molecule has 4 rings (SSSR count). The molecule has 0 saturated carbocycles. The van der Waals surface area contributed by atoms with E-state index in [0.29, 0.717) is 6.04 Å². The zero-order chi connectivity index (χ0) is 14.1. The van der Waals surface area contributed by atoms with Crippen LogP contribution in [0, 0.1) is 0 Å². The second-order valence-corrected chi connectivity index (χ2v) is 5.91. The number of hydrogen-bond donors (Lipinski definition) is 1. The summed E-state index contributed by atoms with van der Waals surface area (Å²) in [5, 5.41) is 18.0. The van der Waals surface area contributed by atoms with Crippen molar-refractivity contribution in [2.24, 2.45) is 0 Å². The molecule has 6 nitrogen and oxygen atoms in total. The van der Waals surface area contributed by atoms with Crippen molar-refractivity contribution in [1.82, 2.24) is 30.5 Å². The van der Waals surface area contributed by atoms with Crippen LogP contribution < -0.4 is 5.32 Å². The van der Waals surface area contributed by atoms with Crippen molar-refractivity contribution >= 4 is 11.3 Å². The third-order valence-corrected chi connectivity index (χ3v) is 4.59. The Hall–Kier alpha value is -2.12. The standard InChI is InChI=1S/C14H14N6S/c1-3-10(7-11(4-1)20-9-16-18-19-20)13-8-21-14(17-13)12-5-2-6-15-12/h1,3-4,7-9,12,15H,2,5-6H2. The van der Waals surface area contributed by atoms with Crippen LogP contribution in [0.15, 0.2) is 36.0 Å². The average Bonchev–Trinajstić information content (AvgIpc) is 3.26. The molecule has 1 aromatic carbocycles. The number of nitrogens with zero attached hydrogens (tertiary/aromatic N) is 5. The summed E-state index contributed by atoms with van der Waals surface area (Å²) in [5.41, 5.74) is 3.04. The molecule has 0 amide bonds. The maximum absolute atomic E-state index is 4.78. The van der Waals surface area contributed by atoms with E-state index in [-0.39, 0.29) is 0 Å².